The van der Waals surface area contributed by atoms with E-state index in [9.17, 15) is 9.90 Å². The van der Waals surface area contributed by atoms with Gasteiger partial charge in [0.15, 0.2) is 11.7 Å². The number of aliphatic carboxylic acids is 1. The van der Waals surface area contributed by atoms with E-state index in [1.54, 1.807) is 24.3 Å². The van der Waals surface area contributed by atoms with Crippen molar-refractivity contribution in [2.24, 2.45) is 0 Å². The molecule has 22 heavy (non-hydrogen) atoms. The summed E-state index contributed by atoms with van der Waals surface area (Å²) in [6, 6.07) is 9.41. The number of hydrogen-bond acceptors (Lipinski definition) is 4. The fourth-order valence-corrected chi connectivity index (χ4v) is 2.52. The fraction of sp³-hybridized carbons (Fsp3) is 0.0667. The highest BCUT2D eigenvalue weighted by atomic mass is 35.5. The Morgan fingerprint density at radius 1 is 1.18 bits per heavy atom. The third-order valence-electron chi connectivity index (χ3n) is 3.12. The molecule has 0 aliphatic carbocycles. The molecule has 5 nitrogen and oxygen atoms in total. The van der Waals surface area contributed by atoms with Crippen molar-refractivity contribution in [3.05, 3.63) is 52.0 Å². The van der Waals surface area contributed by atoms with Gasteiger partial charge in [-0.3, -0.25) is 0 Å². The zero-order valence-electron chi connectivity index (χ0n) is 11.0. The summed E-state index contributed by atoms with van der Waals surface area (Å²) in [6.45, 7) is 0. The molecule has 0 bridgehead atoms. The number of aromatic nitrogens is 1. The SMILES string of the molecule is O=C(O)C(O)c1ccc2oc(-c3ccc(Cl)cc3Cl)nc2c1. The molecule has 2 aromatic carbocycles. The minimum absolute atomic E-state index is 0.224. The van der Waals surface area contributed by atoms with Crippen LogP contribution < -0.4 is 0 Å². The standard InChI is InChI=1S/C15H9Cl2NO4/c16-8-2-3-9(10(17)6-8)14-18-11-5-7(13(19)15(20)21)1-4-12(11)22-14/h1-6,13,19H,(H,20,21). The van der Waals surface area contributed by atoms with E-state index in [-0.39, 0.29) is 5.56 Å². The molecule has 1 atom stereocenters. The third-order valence-corrected chi connectivity index (χ3v) is 3.67. The van der Waals surface area contributed by atoms with E-state index >= 15 is 0 Å². The number of carbonyl (C=O) groups is 1. The van der Waals surface area contributed by atoms with Crippen molar-refractivity contribution in [3.8, 4) is 11.5 Å². The van der Waals surface area contributed by atoms with Crippen molar-refractivity contribution in [1.29, 1.82) is 0 Å². The van der Waals surface area contributed by atoms with Gasteiger partial charge in [-0.15, -0.1) is 0 Å². The van der Waals surface area contributed by atoms with E-state index in [2.05, 4.69) is 4.98 Å². The molecule has 3 aromatic rings. The van der Waals surface area contributed by atoms with Gasteiger partial charge in [0.05, 0.1) is 10.6 Å². The number of carboxylic acid groups (broad SMARTS) is 1. The molecule has 7 heteroatoms. The fourth-order valence-electron chi connectivity index (χ4n) is 2.04. The van der Waals surface area contributed by atoms with Crippen LogP contribution in [0.1, 0.15) is 11.7 Å². The van der Waals surface area contributed by atoms with Crippen LogP contribution in [0, 0.1) is 0 Å². The van der Waals surface area contributed by atoms with Gasteiger partial charge in [0.25, 0.3) is 0 Å². The number of oxazole rings is 1. The van der Waals surface area contributed by atoms with Crippen molar-refractivity contribution in [1.82, 2.24) is 4.98 Å². The maximum atomic E-state index is 10.8. The third kappa shape index (κ3) is 2.66. The molecule has 0 saturated heterocycles. The maximum absolute atomic E-state index is 10.8. The number of benzene rings is 2. The Balaban J connectivity index is 2.08. The van der Waals surface area contributed by atoms with Crippen LogP contribution in [-0.2, 0) is 4.79 Å². The van der Waals surface area contributed by atoms with Crippen molar-refractivity contribution < 1.29 is 19.4 Å². The summed E-state index contributed by atoms with van der Waals surface area (Å²) in [6.07, 6.45) is -1.61. The Hall–Kier alpha value is -2.08. The van der Waals surface area contributed by atoms with Gasteiger partial charge in [-0.25, -0.2) is 9.78 Å². The Morgan fingerprint density at radius 3 is 2.64 bits per heavy atom. The first kappa shape index (κ1) is 14.8. The molecule has 0 spiro atoms. The minimum Gasteiger partial charge on any atom is -0.479 e. The van der Waals surface area contributed by atoms with Crippen LogP contribution in [0.2, 0.25) is 10.0 Å². The first-order valence-corrected chi connectivity index (χ1v) is 6.98. The van der Waals surface area contributed by atoms with Crippen LogP contribution >= 0.6 is 23.2 Å². The van der Waals surface area contributed by atoms with E-state index in [1.165, 1.54) is 12.1 Å². The largest absolute Gasteiger partial charge is 0.479 e. The predicted octanol–water partition coefficient (Wildman–Crippen LogP) is 3.92. The second-order valence-electron chi connectivity index (χ2n) is 4.61. The molecular weight excluding hydrogens is 329 g/mol. The van der Waals surface area contributed by atoms with Crippen molar-refractivity contribution in [2.75, 3.05) is 0 Å². The van der Waals surface area contributed by atoms with E-state index in [1.807, 2.05) is 0 Å². The zero-order chi connectivity index (χ0) is 15.9. The summed E-state index contributed by atoms with van der Waals surface area (Å²) in [4.78, 5) is 15.1. The first-order valence-electron chi connectivity index (χ1n) is 6.22. The lowest BCUT2D eigenvalue weighted by Crippen LogP contribution is -2.10. The van der Waals surface area contributed by atoms with Crippen LogP contribution in [0.15, 0.2) is 40.8 Å². The molecule has 2 N–H and O–H groups in total. The quantitative estimate of drug-likeness (QED) is 0.756. The van der Waals surface area contributed by atoms with E-state index in [0.29, 0.717) is 32.6 Å². The number of rotatable bonds is 3. The lowest BCUT2D eigenvalue weighted by Gasteiger charge is -2.03. The van der Waals surface area contributed by atoms with Crippen LogP contribution in [0.3, 0.4) is 0 Å². The summed E-state index contributed by atoms with van der Waals surface area (Å²) >= 11 is 12.0. The lowest BCUT2D eigenvalue weighted by molar-refractivity contribution is -0.146. The van der Waals surface area contributed by atoms with Gasteiger partial charge in [-0.05, 0) is 35.9 Å². The van der Waals surface area contributed by atoms with Crippen molar-refractivity contribution in [2.45, 2.75) is 6.10 Å². The number of aliphatic hydroxyl groups is 1. The van der Waals surface area contributed by atoms with Gasteiger partial charge in [-0.1, -0.05) is 29.3 Å². The van der Waals surface area contributed by atoms with Crippen LogP contribution in [0.5, 0.6) is 0 Å². The molecule has 1 aromatic heterocycles. The number of carboxylic acids is 1. The average Bonchev–Trinajstić information content (AvgIpc) is 2.88. The molecular formula is C15H9Cl2NO4. The normalized spacial score (nSPS) is 12.5. The Bertz CT molecular complexity index is 875. The maximum Gasteiger partial charge on any atom is 0.337 e. The zero-order valence-corrected chi connectivity index (χ0v) is 12.5. The number of nitrogens with zero attached hydrogens (tertiary/aromatic N) is 1. The summed E-state index contributed by atoms with van der Waals surface area (Å²) in [5.41, 5.74) is 1.69. The van der Waals surface area contributed by atoms with Gasteiger partial charge in [0.2, 0.25) is 5.89 Å². The Kier molecular flexibility index (Phi) is 3.78. The van der Waals surface area contributed by atoms with Crippen LogP contribution in [0.25, 0.3) is 22.6 Å². The van der Waals surface area contributed by atoms with Gasteiger partial charge in [-0.2, -0.15) is 0 Å². The molecule has 112 valence electrons. The topological polar surface area (TPSA) is 83.6 Å². The highest BCUT2D eigenvalue weighted by Gasteiger charge is 2.18. The van der Waals surface area contributed by atoms with Gasteiger partial charge in [0, 0.05) is 5.02 Å². The highest BCUT2D eigenvalue weighted by molar-refractivity contribution is 6.36. The Labute approximate surface area is 134 Å². The van der Waals surface area contributed by atoms with Crippen molar-refractivity contribution in [3.63, 3.8) is 0 Å². The number of hydrogen-bond donors (Lipinski definition) is 2. The van der Waals surface area contributed by atoms with Gasteiger partial charge < -0.3 is 14.6 Å². The molecule has 1 heterocycles. The molecule has 0 aliphatic heterocycles. The molecule has 0 aliphatic rings. The number of fused-ring (bicyclic) bond motifs is 1. The van der Waals surface area contributed by atoms with E-state index in [4.69, 9.17) is 32.7 Å². The lowest BCUT2D eigenvalue weighted by atomic mass is 10.1. The average molecular weight is 338 g/mol. The monoisotopic (exact) mass is 337 g/mol. The van der Waals surface area contributed by atoms with Crippen molar-refractivity contribution >= 4 is 40.3 Å². The van der Waals surface area contributed by atoms with Crippen LogP contribution in [-0.4, -0.2) is 21.2 Å². The second kappa shape index (κ2) is 5.61. The molecule has 0 amide bonds. The number of aliphatic hydroxyl groups excluding tert-OH is 1. The molecule has 0 fully saturated rings. The molecule has 3 rings (SSSR count). The Morgan fingerprint density at radius 2 is 1.95 bits per heavy atom. The summed E-state index contributed by atoms with van der Waals surface area (Å²) in [7, 11) is 0. The first-order chi connectivity index (χ1) is 10.5. The molecule has 1 unspecified atom stereocenters. The van der Waals surface area contributed by atoms with Gasteiger partial charge in [0.1, 0.15) is 5.52 Å². The van der Waals surface area contributed by atoms with Crippen LogP contribution in [0.4, 0.5) is 0 Å². The van der Waals surface area contributed by atoms with E-state index in [0.717, 1.165) is 0 Å². The smallest absolute Gasteiger partial charge is 0.337 e. The highest BCUT2D eigenvalue weighted by Crippen LogP contribution is 2.32. The molecule has 0 saturated carbocycles. The minimum atomic E-state index is -1.61. The second-order valence-corrected chi connectivity index (χ2v) is 5.45. The number of halogens is 2. The predicted molar refractivity (Wildman–Crippen MR) is 82.1 cm³/mol. The van der Waals surface area contributed by atoms with E-state index < -0.39 is 12.1 Å². The summed E-state index contributed by atoms with van der Waals surface area (Å²) in [5.74, 6) is -1.04. The molecule has 0 radical (unpaired) electrons. The summed E-state index contributed by atoms with van der Waals surface area (Å²) in [5, 5.41) is 19.3. The van der Waals surface area contributed by atoms with Gasteiger partial charge >= 0.3 is 5.97 Å². The summed E-state index contributed by atoms with van der Waals surface area (Å²) < 4.78 is 5.60.